The Labute approximate surface area is 110 Å². The first kappa shape index (κ1) is 17.1. The van der Waals surface area contributed by atoms with E-state index < -0.39 is 6.04 Å². The Kier molecular flexibility index (Phi) is 8.58. The van der Waals surface area contributed by atoms with Crippen LogP contribution >= 0.6 is 0 Å². The second kappa shape index (κ2) is 9.05. The molecule has 0 aromatic rings. The van der Waals surface area contributed by atoms with Gasteiger partial charge in [0.15, 0.2) is 5.78 Å². The van der Waals surface area contributed by atoms with Crippen LogP contribution in [0, 0.1) is 5.92 Å². The summed E-state index contributed by atoms with van der Waals surface area (Å²) in [7, 11) is 0. The molecule has 0 saturated carbocycles. The first-order chi connectivity index (χ1) is 8.42. The molecule has 5 heteroatoms. The number of amides is 1. The lowest BCUT2D eigenvalue weighted by Crippen LogP contribution is -2.47. The highest BCUT2D eigenvalue weighted by Crippen LogP contribution is 2.03. The number of hydrogen-bond acceptors (Lipinski definition) is 4. The molecule has 1 amide bonds. The molecule has 1 atom stereocenters. The molecule has 0 heterocycles. The monoisotopic (exact) mass is 258 g/mol. The van der Waals surface area contributed by atoms with E-state index in [1.54, 1.807) is 0 Å². The number of Topliss-reactive ketones (excluding diaryl/α,β-unsaturated/α-hetero) is 1. The largest absolute Gasteiger partial charge is 0.395 e. The maximum absolute atomic E-state index is 11.8. The van der Waals surface area contributed by atoms with Crippen molar-refractivity contribution in [2.45, 2.75) is 40.2 Å². The van der Waals surface area contributed by atoms with Gasteiger partial charge in [-0.2, -0.15) is 0 Å². The van der Waals surface area contributed by atoms with E-state index in [0.717, 1.165) is 13.0 Å². The van der Waals surface area contributed by atoms with Crippen molar-refractivity contribution in [2.75, 3.05) is 26.2 Å². The topological polar surface area (TPSA) is 69.6 Å². The number of nitrogens with zero attached hydrogens (tertiary/aromatic N) is 1. The summed E-state index contributed by atoms with van der Waals surface area (Å²) in [6, 6.07) is -0.421. The van der Waals surface area contributed by atoms with Gasteiger partial charge >= 0.3 is 0 Å². The third-order valence-electron chi connectivity index (χ3n) is 2.74. The standard InChI is InChI=1S/C13H26N2O3/c1-5-6-15(7-8-16)9-12(18)14-13(10(2)3)11(4)17/h10,13,16H,5-9H2,1-4H3,(H,14,18). The van der Waals surface area contributed by atoms with Crippen LogP contribution in [0.5, 0.6) is 0 Å². The predicted octanol–water partition coefficient (Wildman–Crippen LogP) is 0.420. The van der Waals surface area contributed by atoms with Crippen LogP contribution in [0.15, 0.2) is 0 Å². The molecule has 0 bridgehead atoms. The molecule has 0 aliphatic carbocycles. The number of ketones is 1. The van der Waals surface area contributed by atoms with E-state index in [2.05, 4.69) is 5.32 Å². The molecule has 0 aliphatic rings. The fraction of sp³-hybridized carbons (Fsp3) is 0.846. The molecule has 0 aliphatic heterocycles. The van der Waals surface area contributed by atoms with Crippen molar-refractivity contribution in [2.24, 2.45) is 5.92 Å². The highest BCUT2D eigenvalue weighted by molar-refractivity contribution is 5.88. The highest BCUT2D eigenvalue weighted by Gasteiger charge is 2.21. The molecule has 106 valence electrons. The molecular weight excluding hydrogens is 232 g/mol. The zero-order valence-corrected chi connectivity index (χ0v) is 11.9. The number of hydrogen-bond donors (Lipinski definition) is 2. The maximum Gasteiger partial charge on any atom is 0.234 e. The molecule has 0 rings (SSSR count). The lowest BCUT2D eigenvalue weighted by molar-refractivity contribution is -0.128. The molecule has 0 fully saturated rings. The molecule has 0 saturated heterocycles. The summed E-state index contributed by atoms with van der Waals surface area (Å²) in [4.78, 5) is 25.1. The summed E-state index contributed by atoms with van der Waals surface area (Å²) in [5, 5.41) is 11.7. The van der Waals surface area contributed by atoms with E-state index in [4.69, 9.17) is 5.11 Å². The fourth-order valence-electron chi connectivity index (χ4n) is 1.89. The van der Waals surface area contributed by atoms with Crippen LogP contribution in [0.3, 0.4) is 0 Å². The van der Waals surface area contributed by atoms with Gasteiger partial charge in [0.25, 0.3) is 0 Å². The molecule has 1 unspecified atom stereocenters. The predicted molar refractivity (Wildman–Crippen MR) is 71.3 cm³/mol. The second-order valence-electron chi connectivity index (χ2n) is 4.90. The number of carbonyl (C=O) groups excluding carboxylic acids is 2. The van der Waals surface area contributed by atoms with Gasteiger partial charge in [-0.1, -0.05) is 20.8 Å². The van der Waals surface area contributed by atoms with Gasteiger partial charge in [-0.3, -0.25) is 14.5 Å². The van der Waals surface area contributed by atoms with E-state index in [1.807, 2.05) is 25.7 Å². The van der Waals surface area contributed by atoms with Gasteiger partial charge in [0.2, 0.25) is 5.91 Å². The normalized spacial score (nSPS) is 12.8. The van der Waals surface area contributed by atoms with Gasteiger partial charge in [0.1, 0.15) is 0 Å². The third-order valence-corrected chi connectivity index (χ3v) is 2.74. The van der Waals surface area contributed by atoms with Crippen molar-refractivity contribution in [3.8, 4) is 0 Å². The first-order valence-electron chi connectivity index (χ1n) is 6.55. The van der Waals surface area contributed by atoms with Crippen LogP contribution in [0.2, 0.25) is 0 Å². The summed E-state index contributed by atoms with van der Waals surface area (Å²) in [6.07, 6.45) is 0.924. The van der Waals surface area contributed by atoms with Crippen molar-refractivity contribution in [1.82, 2.24) is 10.2 Å². The Balaban J connectivity index is 4.32. The third kappa shape index (κ3) is 6.71. The van der Waals surface area contributed by atoms with Gasteiger partial charge < -0.3 is 10.4 Å². The lowest BCUT2D eigenvalue weighted by Gasteiger charge is -2.23. The van der Waals surface area contributed by atoms with E-state index >= 15 is 0 Å². The number of rotatable bonds is 9. The van der Waals surface area contributed by atoms with Crippen molar-refractivity contribution in [1.29, 1.82) is 0 Å². The highest BCUT2D eigenvalue weighted by atomic mass is 16.3. The quantitative estimate of drug-likeness (QED) is 0.629. The summed E-state index contributed by atoms with van der Waals surface area (Å²) in [6.45, 7) is 8.83. The minimum absolute atomic E-state index is 0.0254. The SMILES string of the molecule is CCCN(CCO)CC(=O)NC(C(C)=O)C(C)C. The molecule has 0 aromatic carbocycles. The number of nitrogens with one attached hydrogen (secondary N) is 1. The Morgan fingerprint density at radius 2 is 1.89 bits per heavy atom. The van der Waals surface area contributed by atoms with Gasteiger partial charge in [-0.15, -0.1) is 0 Å². The Morgan fingerprint density at radius 3 is 2.28 bits per heavy atom. The average Bonchev–Trinajstić information content (AvgIpc) is 2.25. The van der Waals surface area contributed by atoms with Gasteiger partial charge in [-0.05, 0) is 25.8 Å². The summed E-state index contributed by atoms with van der Waals surface area (Å²) < 4.78 is 0. The van der Waals surface area contributed by atoms with Gasteiger partial charge in [-0.25, -0.2) is 0 Å². The van der Waals surface area contributed by atoms with Crippen LogP contribution < -0.4 is 5.32 Å². The molecule has 2 N–H and O–H groups in total. The minimum atomic E-state index is -0.421. The number of carbonyl (C=O) groups is 2. The van der Waals surface area contributed by atoms with E-state index in [0.29, 0.717) is 6.54 Å². The van der Waals surface area contributed by atoms with Crippen molar-refractivity contribution < 1.29 is 14.7 Å². The van der Waals surface area contributed by atoms with E-state index in [-0.39, 0.29) is 30.8 Å². The fourth-order valence-corrected chi connectivity index (χ4v) is 1.89. The van der Waals surface area contributed by atoms with Gasteiger partial charge in [0.05, 0.1) is 19.2 Å². The number of aliphatic hydroxyl groups excluding tert-OH is 1. The molecule has 18 heavy (non-hydrogen) atoms. The zero-order valence-electron chi connectivity index (χ0n) is 11.9. The minimum Gasteiger partial charge on any atom is -0.395 e. The maximum atomic E-state index is 11.8. The van der Waals surface area contributed by atoms with Crippen LogP contribution in [0.25, 0.3) is 0 Å². The van der Waals surface area contributed by atoms with Crippen LogP contribution in [0.4, 0.5) is 0 Å². The number of aliphatic hydroxyl groups is 1. The molecule has 5 nitrogen and oxygen atoms in total. The molecule has 0 radical (unpaired) electrons. The molecule has 0 spiro atoms. The summed E-state index contributed by atoms with van der Waals surface area (Å²) in [5.41, 5.74) is 0. The van der Waals surface area contributed by atoms with E-state index in [1.165, 1.54) is 6.92 Å². The van der Waals surface area contributed by atoms with Crippen LogP contribution in [-0.2, 0) is 9.59 Å². The molecule has 0 aromatic heterocycles. The van der Waals surface area contributed by atoms with Crippen molar-refractivity contribution >= 4 is 11.7 Å². The summed E-state index contributed by atoms with van der Waals surface area (Å²) in [5.74, 6) is -0.0998. The second-order valence-corrected chi connectivity index (χ2v) is 4.90. The Morgan fingerprint density at radius 1 is 1.28 bits per heavy atom. The molecular formula is C13H26N2O3. The van der Waals surface area contributed by atoms with Crippen LogP contribution in [-0.4, -0.2) is 54.0 Å². The van der Waals surface area contributed by atoms with Crippen LogP contribution in [0.1, 0.15) is 34.1 Å². The Hall–Kier alpha value is -0.940. The van der Waals surface area contributed by atoms with Crippen molar-refractivity contribution in [3.63, 3.8) is 0 Å². The smallest absolute Gasteiger partial charge is 0.234 e. The summed E-state index contributed by atoms with van der Waals surface area (Å²) >= 11 is 0. The van der Waals surface area contributed by atoms with Gasteiger partial charge in [0, 0.05) is 6.54 Å². The Bertz CT molecular complexity index is 261. The van der Waals surface area contributed by atoms with E-state index in [9.17, 15) is 9.59 Å². The van der Waals surface area contributed by atoms with Crippen molar-refractivity contribution in [3.05, 3.63) is 0 Å². The first-order valence-corrected chi connectivity index (χ1v) is 6.55. The lowest BCUT2D eigenvalue weighted by atomic mass is 10.0. The zero-order chi connectivity index (χ0) is 14.1. The average molecular weight is 258 g/mol.